The molecule has 142 valence electrons. The first-order valence-corrected chi connectivity index (χ1v) is 9.30. The first-order chi connectivity index (χ1) is 13.5. The minimum atomic E-state index is -0.831. The van der Waals surface area contributed by atoms with Crippen molar-refractivity contribution >= 4 is 46.3 Å². The molecule has 28 heavy (non-hydrogen) atoms. The quantitative estimate of drug-likeness (QED) is 0.471. The van der Waals surface area contributed by atoms with Gasteiger partial charge < -0.3 is 10.1 Å². The van der Waals surface area contributed by atoms with Crippen LogP contribution >= 0.6 is 22.9 Å². The number of hydrogen-bond donors (Lipinski definition) is 1. The van der Waals surface area contributed by atoms with Gasteiger partial charge in [0.2, 0.25) is 5.78 Å². The standard InChI is InChI=1S/C20H13ClFNO4S/c21-12-7-8-15(22)16(10-12)23-18(24)11-27-20(26)14-5-2-1-4-13(14)19(25)17-6-3-9-28-17/h1-10H,11H2,(H,23,24). The number of amides is 1. The van der Waals surface area contributed by atoms with Gasteiger partial charge in [-0.15, -0.1) is 11.3 Å². The van der Waals surface area contributed by atoms with E-state index in [1.807, 2.05) is 0 Å². The number of esters is 1. The van der Waals surface area contributed by atoms with Crippen molar-refractivity contribution in [2.75, 3.05) is 11.9 Å². The Morgan fingerprint density at radius 3 is 2.50 bits per heavy atom. The fraction of sp³-hybridized carbons (Fsp3) is 0.0500. The van der Waals surface area contributed by atoms with Crippen LogP contribution in [0, 0.1) is 5.82 Å². The molecule has 5 nitrogen and oxygen atoms in total. The number of anilines is 1. The zero-order chi connectivity index (χ0) is 20.1. The van der Waals surface area contributed by atoms with Gasteiger partial charge in [0.25, 0.3) is 5.91 Å². The van der Waals surface area contributed by atoms with Crippen LogP contribution in [0.15, 0.2) is 60.0 Å². The summed E-state index contributed by atoms with van der Waals surface area (Å²) in [5.74, 6) is -2.55. The molecule has 1 N–H and O–H groups in total. The van der Waals surface area contributed by atoms with Gasteiger partial charge in [0.05, 0.1) is 16.1 Å². The average molecular weight is 418 g/mol. The van der Waals surface area contributed by atoms with E-state index in [2.05, 4.69) is 5.32 Å². The number of ketones is 1. The Bertz CT molecular complexity index is 1040. The van der Waals surface area contributed by atoms with E-state index in [1.54, 1.807) is 29.6 Å². The van der Waals surface area contributed by atoms with E-state index in [9.17, 15) is 18.8 Å². The zero-order valence-corrected chi connectivity index (χ0v) is 15.9. The summed E-state index contributed by atoms with van der Waals surface area (Å²) in [7, 11) is 0. The number of thiophene rings is 1. The molecule has 1 heterocycles. The van der Waals surface area contributed by atoms with Gasteiger partial charge in [0, 0.05) is 10.6 Å². The molecule has 0 saturated heterocycles. The van der Waals surface area contributed by atoms with E-state index in [4.69, 9.17) is 16.3 Å². The highest BCUT2D eigenvalue weighted by atomic mass is 35.5. The maximum Gasteiger partial charge on any atom is 0.339 e. The summed E-state index contributed by atoms with van der Waals surface area (Å²) < 4.78 is 18.6. The lowest BCUT2D eigenvalue weighted by atomic mass is 10.0. The topological polar surface area (TPSA) is 72.5 Å². The lowest BCUT2D eigenvalue weighted by Crippen LogP contribution is -2.22. The lowest BCUT2D eigenvalue weighted by molar-refractivity contribution is -0.119. The van der Waals surface area contributed by atoms with Gasteiger partial charge in [-0.1, -0.05) is 35.9 Å². The van der Waals surface area contributed by atoms with Crippen LogP contribution in [0.3, 0.4) is 0 Å². The van der Waals surface area contributed by atoms with E-state index in [-0.39, 0.29) is 27.6 Å². The second-order valence-electron chi connectivity index (χ2n) is 5.60. The van der Waals surface area contributed by atoms with Crippen LogP contribution in [0.5, 0.6) is 0 Å². The highest BCUT2D eigenvalue weighted by molar-refractivity contribution is 7.12. The molecule has 3 aromatic rings. The second-order valence-corrected chi connectivity index (χ2v) is 6.98. The van der Waals surface area contributed by atoms with Crippen molar-refractivity contribution in [2.24, 2.45) is 0 Å². The van der Waals surface area contributed by atoms with Gasteiger partial charge in [-0.3, -0.25) is 9.59 Å². The van der Waals surface area contributed by atoms with Crippen molar-refractivity contribution < 1.29 is 23.5 Å². The first-order valence-electron chi connectivity index (χ1n) is 8.05. The molecule has 2 aromatic carbocycles. The van der Waals surface area contributed by atoms with Crippen molar-refractivity contribution in [1.82, 2.24) is 0 Å². The van der Waals surface area contributed by atoms with Gasteiger partial charge in [0.15, 0.2) is 6.61 Å². The number of ether oxygens (including phenoxy) is 1. The normalized spacial score (nSPS) is 10.4. The molecule has 0 aliphatic heterocycles. The summed E-state index contributed by atoms with van der Waals surface area (Å²) >= 11 is 7.02. The molecular weight excluding hydrogens is 405 g/mol. The number of nitrogens with one attached hydrogen (secondary N) is 1. The van der Waals surface area contributed by atoms with Gasteiger partial charge in [-0.05, 0) is 35.7 Å². The number of carbonyl (C=O) groups excluding carboxylic acids is 3. The molecule has 1 aromatic heterocycles. The molecule has 0 radical (unpaired) electrons. The van der Waals surface area contributed by atoms with Gasteiger partial charge in [-0.2, -0.15) is 0 Å². The molecule has 0 atom stereocenters. The third-order valence-electron chi connectivity index (χ3n) is 3.67. The van der Waals surface area contributed by atoms with E-state index in [0.29, 0.717) is 4.88 Å². The molecular formula is C20H13ClFNO4S. The molecule has 3 rings (SSSR count). The smallest absolute Gasteiger partial charge is 0.339 e. The SMILES string of the molecule is O=C(COC(=O)c1ccccc1C(=O)c1cccs1)Nc1cc(Cl)ccc1F. The summed E-state index contributed by atoms with van der Waals surface area (Å²) in [5, 5.41) is 4.28. The molecule has 0 spiro atoms. The highest BCUT2D eigenvalue weighted by Gasteiger charge is 2.20. The fourth-order valence-corrected chi connectivity index (χ4v) is 3.24. The Labute approximate surface area is 168 Å². The summed E-state index contributed by atoms with van der Waals surface area (Å²) in [4.78, 5) is 37.4. The third-order valence-corrected chi connectivity index (χ3v) is 4.78. The summed E-state index contributed by atoms with van der Waals surface area (Å²) in [6, 6.07) is 13.3. The van der Waals surface area contributed by atoms with E-state index >= 15 is 0 Å². The van der Waals surface area contributed by atoms with Gasteiger partial charge in [0.1, 0.15) is 5.82 Å². The van der Waals surface area contributed by atoms with E-state index in [1.165, 1.54) is 35.6 Å². The number of halogens is 2. The van der Waals surface area contributed by atoms with Crippen LogP contribution < -0.4 is 5.32 Å². The molecule has 0 unspecified atom stereocenters. The fourth-order valence-electron chi connectivity index (χ4n) is 2.39. The van der Waals surface area contributed by atoms with Crippen LogP contribution in [-0.4, -0.2) is 24.3 Å². The zero-order valence-electron chi connectivity index (χ0n) is 14.3. The van der Waals surface area contributed by atoms with Crippen LogP contribution in [0.25, 0.3) is 0 Å². The Balaban J connectivity index is 1.68. The predicted molar refractivity (Wildman–Crippen MR) is 105 cm³/mol. The number of benzene rings is 2. The van der Waals surface area contributed by atoms with E-state index < -0.39 is 24.3 Å². The summed E-state index contributed by atoms with van der Waals surface area (Å²) in [6.45, 7) is -0.647. The number of rotatable bonds is 6. The van der Waals surface area contributed by atoms with Gasteiger partial charge in [-0.25, -0.2) is 9.18 Å². The van der Waals surface area contributed by atoms with Gasteiger partial charge >= 0.3 is 5.97 Å². The molecule has 0 saturated carbocycles. The predicted octanol–water partition coefficient (Wildman–Crippen LogP) is 4.57. The monoisotopic (exact) mass is 417 g/mol. The molecule has 0 bridgehead atoms. The van der Waals surface area contributed by atoms with Crippen molar-refractivity contribution in [2.45, 2.75) is 0 Å². The Hall–Kier alpha value is -3.03. The maximum atomic E-state index is 13.7. The summed E-state index contributed by atoms with van der Waals surface area (Å²) in [5.41, 5.74) is 0.0979. The summed E-state index contributed by atoms with van der Waals surface area (Å²) in [6.07, 6.45) is 0. The van der Waals surface area contributed by atoms with E-state index in [0.717, 1.165) is 6.07 Å². The maximum absolute atomic E-state index is 13.7. The van der Waals surface area contributed by atoms with Crippen LogP contribution in [0.1, 0.15) is 25.6 Å². The molecule has 0 aliphatic carbocycles. The Morgan fingerprint density at radius 1 is 1.04 bits per heavy atom. The molecule has 0 fully saturated rings. The van der Waals surface area contributed by atoms with Crippen molar-refractivity contribution in [3.05, 3.63) is 86.8 Å². The Morgan fingerprint density at radius 2 is 1.79 bits per heavy atom. The number of hydrogen-bond acceptors (Lipinski definition) is 5. The average Bonchev–Trinajstić information content (AvgIpc) is 3.23. The van der Waals surface area contributed by atoms with Crippen molar-refractivity contribution in [1.29, 1.82) is 0 Å². The minimum Gasteiger partial charge on any atom is -0.452 e. The van der Waals surface area contributed by atoms with Crippen LogP contribution in [0.4, 0.5) is 10.1 Å². The third kappa shape index (κ3) is 4.62. The molecule has 0 aliphatic rings. The second kappa shape index (κ2) is 8.77. The number of carbonyl (C=O) groups is 3. The highest BCUT2D eigenvalue weighted by Crippen LogP contribution is 2.20. The molecule has 1 amide bonds. The largest absolute Gasteiger partial charge is 0.452 e. The lowest BCUT2D eigenvalue weighted by Gasteiger charge is -2.09. The molecule has 8 heteroatoms. The van der Waals surface area contributed by atoms with Crippen LogP contribution in [-0.2, 0) is 9.53 Å². The Kier molecular flexibility index (Phi) is 6.18. The van der Waals surface area contributed by atoms with Crippen LogP contribution in [0.2, 0.25) is 5.02 Å². The minimum absolute atomic E-state index is 0.0441. The van der Waals surface area contributed by atoms with Crippen molar-refractivity contribution in [3.8, 4) is 0 Å². The first kappa shape index (κ1) is 19.7. The van der Waals surface area contributed by atoms with Crippen molar-refractivity contribution in [3.63, 3.8) is 0 Å².